The third-order valence-electron chi connectivity index (χ3n) is 5.96. The number of aromatic nitrogens is 3. The fourth-order valence-electron chi connectivity index (χ4n) is 4.11. The van der Waals surface area contributed by atoms with Gasteiger partial charge >= 0.3 is 6.09 Å². The second kappa shape index (κ2) is 11.0. The molecular formula is C27H33N5O6. The molecule has 0 N–H and O–H groups in total. The molecule has 202 valence electrons. The molecule has 0 spiro atoms. The van der Waals surface area contributed by atoms with E-state index in [4.69, 9.17) is 18.9 Å². The molecule has 3 aromatic rings. The monoisotopic (exact) mass is 523 g/mol. The Hall–Kier alpha value is -4.28. The molecule has 11 nitrogen and oxygen atoms in total. The minimum Gasteiger partial charge on any atom is -0.493 e. The van der Waals surface area contributed by atoms with E-state index in [9.17, 15) is 9.59 Å². The summed E-state index contributed by atoms with van der Waals surface area (Å²) in [7, 11) is 4.49. The first-order valence-corrected chi connectivity index (χ1v) is 12.3. The average molecular weight is 524 g/mol. The predicted molar refractivity (Wildman–Crippen MR) is 141 cm³/mol. The Balaban J connectivity index is 1.68. The quantitative estimate of drug-likeness (QED) is 0.429. The summed E-state index contributed by atoms with van der Waals surface area (Å²) in [6.07, 6.45) is -0.362. The molecule has 0 unspecified atom stereocenters. The largest absolute Gasteiger partial charge is 0.493 e. The van der Waals surface area contributed by atoms with Crippen molar-refractivity contribution in [1.29, 1.82) is 0 Å². The Morgan fingerprint density at radius 2 is 1.45 bits per heavy atom. The topological polar surface area (TPSA) is 108 Å². The number of carbonyl (C=O) groups excluding carboxylic acids is 2. The molecule has 1 amide bonds. The molecule has 0 atom stereocenters. The highest BCUT2D eigenvalue weighted by Crippen LogP contribution is 2.39. The zero-order chi connectivity index (χ0) is 27.4. The Morgan fingerprint density at radius 3 is 1.97 bits per heavy atom. The number of amides is 1. The Labute approximate surface area is 221 Å². The van der Waals surface area contributed by atoms with Crippen molar-refractivity contribution in [3.05, 3.63) is 53.7 Å². The van der Waals surface area contributed by atoms with Crippen molar-refractivity contribution in [3.63, 3.8) is 0 Å². The lowest BCUT2D eigenvalue weighted by Crippen LogP contribution is -2.50. The van der Waals surface area contributed by atoms with Crippen molar-refractivity contribution in [2.24, 2.45) is 0 Å². The number of nitrogens with zero attached hydrogens (tertiary/aromatic N) is 5. The highest BCUT2D eigenvalue weighted by atomic mass is 16.6. The zero-order valence-corrected chi connectivity index (χ0v) is 22.6. The molecule has 0 aliphatic carbocycles. The third kappa shape index (κ3) is 5.66. The van der Waals surface area contributed by atoms with Crippen LogP contribution >= 0.6 is 0 Å². The van der Waals surface area contributed by atoms with Crippen LogP contribution in [0.25, 0.3) is 5.69 Å². The van der Waals surface area contributed by atoms with E-state index in [-0.39, 0.29) is 17.6 Å². The summed E-state index contributed by atoms with van der Waals surface area (Å²) in [6, 6.07) is 12.5. The predicted octanol–water partition coefficient (Wildman–Crippen LogP) is 3.58. The third-order valence-corrected chi connectivity index (χ3v) is 5.96. The van der Waals surface area contributed by atoms with E-state index in [0.29, 0.717) is 60.5 Å². The summed E-state index contributed by atoms with van der Waals surface area (Å²) in [5.41, 5.74) is 0.624. The highest BCUT2D eigenvalue weighted by Gasteiger charge is 2.31. The normalized spacial score (nSPS) is 13.7. The lowest BCUT2D eigenvalue weighted by Gasteiger charge is -2.35. The maximum atomic E-state index is 13.8. The van der Waals surface area contributed by atoms with E-state index in [1.54, 1.807) is 17.0 Å². The van der Waals surface area contributed by atoms with E-state index >= 15 is 0 Å². The molecule has 0 bridgehead atoms. The number of rotatable bonds is 7. The summed E-state index contributed by atoms with van der Waals surface area (Å²) in [4.78, 5) is 31.4. The maximum Gasteiger partial charge on any atom is 0.410 e. The number of benzene rings is 2. The molecule has 1 aliphatic heterocycles. The van der Waals surface area contributed by atoms with Gasteiger partial charge in [0, 0.05) is 31.7 Å². The minimum atomic E-state index is -0.577. The van der Waals surface area contributed by atoms with Gasteiger partial charge in [-0.05, 0) is 45.0 Å². The molecule has 1 aromatic heterocycles. The van der Waals surface area contributed by atoms with Gasteiger partial charge in [-0.15, -0.1) is 15.0 Å². The van der Waals surface area contributed by atoms with Crippen molar-refractivity contribution in [2.75, 3.05) is 52.4 Å². The highest BCUT2D eigenvalue weighted by molar-refractivity contribution is 6.11. The van der Waals surface area contributed by atoms with Gasteiger partial charge in [0.05, 0.1) is 27.0 Å². The van der Waals surface area contributed by atoms with Gasteiger partial charge in [0.2, 0.25) is 11.5 Å². The van der Waals surface area contributed by atoms with Crippen LogP contribution in [-0.2, 0) is 4.74 Å². The van der Waals surface area contributed by atoms with Gasteiger partial charge in [0.15, 0.2) is 23.0 Å². The van der Waals surface area contributed by atoms with E-state index in [2.05, 4.69) is 10.2 Å². The first-order valence-electron chi connectivity index (χ1n) is 12.3. The Morgan fingerprint density at radius 1 is 0.842 bits per heavy atom. The van der Waals surface area contributed by atoms with Crippen LogP contribution in [0.4, 0.5) is 10.6 Å². The van der Waals surface area contributed by atoms with Crippen LogP contribution < -0.4 is 19.1 Å². The van der Waals surface area contributed by atoms with E-state index in [1.165, 1.54) is 26.1 Å². The molecule has 1 fully saturated rings. The molecule has 1 aliphatic rings. The smallest absolute Gasteiger partial charge is 0.410 e. The number of hydrogen-bond donors (Lipinski definition) is 0. The second-order valence-corrected chi connectivity index (χ2v) is 9.69. The van der Waals surface area contributed by atoms with Crippen LogP contribution in [0, 0.1) is 0 Å². The number of para-hydroxylation sites is 1. The van der Waals surface area contributed by atoms with E-state index in [1.807, 2.05) is 56.0 Å². The number of ketones is 1. The molecule has 2 heterocycles. The number of hydrogen-bond acceptors (Lipinski definition) is 9. The molecule has 4 rings (SSSR count). The standard InChI is InChI=1S/C27H33N5O6/c1-27(2,3)38-26(34)31-14-12-30(13-15-31)25-22(28-32(29-25)19-10-8-7-9-11-19)23(33)18-16-20(35-4)24(37-6)21(17-18)36-5/h7-11,16-17H,12-15H2,1-6H3. The minimum absolute atomic E-state index is 0.175. The van der Waals surface area contributed by atoms with Gasteiger partial charge < -0.3 is 28.7 Å². The maximum absolute atomic E-state index is 13.8. The lowest BCUT2D eigenvalue weighted by molar-refractivity contribution is 0.0240. The molecule has 0 saturated carbocycles. The number of piperazine rings is 1. The van der Waals surface area contributed by atoms with Crippen LogP contribution in [0.15, 0.2) is 42.5 Å². The molecular weight excluding hydrogens is 490 g/mol. The summed E-state index contributed by atoms with van der Waals surface area (Å²) in [5.74, 6) is 1.18. The van der Waals surface area contributed by atoms with Gasteiger partial charge in [-0.2, -0.15) is 0 Å². The molecule has 11 heteroatoms. The fraction of sp³-hybridized carbons (Fsp3) is 0.407. The van der Waals surface area contributed by atoms with Crippen molar-refractivity contribution in [3.8, 4) is 22.9 Å². The van der Waals surface area contributed by atoms with Gasteiger partial charge in [-0.3, -0.25) is 4.79 Å². The van der Waals surface area contributed by atoms with Crippen molar-refractivity contribution in [1.82, 2.24) is 19.9 Å². The van der Waals surface area contributed by atoms with Crippen LogP contribution in [0.5, 0.6) is 17.2 Å². The Kier molecular flexibility index (Phi) is 7.75. The first-order chi connectivity index (χ1) is 18.1. The van der Waals surface area contributed by atoms with Crippen molar-refractivity contribution >= 4 is 17.7 Å². The van der Waals surface area contributed by atoms with E-state index < -0.39 is 5.60 Å². The first kappa shape index (κ1) is 26.8. The van der Waals surface area contributed by atoms with Crippen molar-refractivity contribution < 1.29 is 28.5 Å². The fourth-order valence-corrected chi connectivity index (χ4v) is 4.11. The van der Waals surface area contributed by atoms with E-state index in [0.717, 1.165) is 0 Å². The van der Waals surface area contributed by atoms with Gasteiger partial charge in [0.25, 0.3) is 0 Å². The van der Waals surface area contributed by atoms with Crippen molar-refractivity contribution in [2.45, 2.75) is 26.4 Å². The molecule has 2 aromatic carbocycles. The van der Waals surface area contributed by atoms with Gasteiger partial charge in [-0.1, -0.05) is 18.2 Å². The summed E-state index contributed by atoms with van der Waals surface area (Å²) in [5, 5.41) is 9.27. The lowest BCUT2D eigenvalue weighted by atomic mass is 10.1. The average Bonchev–Trinajstić information content (AvgIpc) is 3.37. The summed E-state index contributed by atoms with van der Waals surface area (Å²) >= 11 is 0. The van der Waals surface area contributed by atoms with Gasteiger partial charge in [0.1, 0.15) is 5.60 Å². The molecule has 38 heavy (non-hydrogen) atoms. The van der Waals surface area contributed by atoms with Crippen LogP contribution in [0.1, 0.15) is 36.8 Å². The number of methoxy groups -OCH3 is 3. The van der Waals surface area contributed by atoms with Crippen LogP contribution in [-0.4, -0.2) is 84.9 Å². The SMILES string of the molecule is COc1cc(C(=O)c2nn(-c3ccccc3)nc2N2CCN(C(=O)OC(C)(C)C)CC2)cc(OC)c1OC. The van der Waals surface area contributed by atoms with Gasteiger partial charge in [-0.25, -0.2) is 4.79 Å². The zero-order valence-electron chi connectivity index (χ0n) is 22.6. The second-order valence-electron chi connectivity index (χ2n) is 9.69. The molecule has 1 saturated heterocycles. The summed E-state index contributed by atoms with van der Waals surface area (Å²) in [6.45, 7) is 7.28. The molecule has 0 radical (unpaired) electrons. The number of anilines is 1. The van der Waals surface area contributed by atoms with Crippen LogP contribution in [0.3, 0.4) is 0 Å². The number of carbonyl (C=O) groups is 2. The summed E-state index contributed by atoms with van der Waals surface area (Å²) < 4.78 is 21.8. The Bertz CT molecular complexity index is 1270. The van der Waals surface area contributed by atoms with Crippen LogP contribution in [0.2, 0.25) is 0 Å². The number of ether oxygens (including phenoxy) is 4.